The summed E-state index contributed by atoms with van der Waals surface area (Å²) in [5.74, 6) is 1.51. The summed E-state index contributed by atoms with van der Waals surface area (Å²) in [6, 6.07) is 10.6. The molecule has 37 heavy (non-hydrogen) atoms. The molecule has 3 aromatic heterocycles. The minimum absolute atomic E-state index is 0.330. The number of H-pyrrole nitrogens is 1. The highest BCUT2D eigenvalue weighted by molar-refractivity contribution is 5.61. The number of nitrogens with zero attached hydrogens (tertiary/aromatic N) is 7. The van der Waals surface area contributed by atoms with Crippen LogP contribution in [0.2, 0.25) is 0 Å². The number of tetrazole rings is 1. The van der Waals surface area contributed by atoms with Gasteiger partial charge in [0, 0.05) is 38.9 Å². The zero-order valence-corrected chi connectivity index (χ0v) is 22.7. The van der Waals surface area contributed by atoms with Crippen LogP contribution in [0.5, 0.6) is 0 Å². The number of benzene rings is 1. The molecular formula is C27H38N8O2. The molecule has 0 fully saturated rings. The monoisotopic (exact) mass is 506 g/mol. The fraction of sp³-hybridized carbons (Fsp3) is 0.519. The molecule has 0 spiro atoms. The van der Waals surface area contributed by atoms with Crippen LogP contribution < -0.4 is 0 Å². The molecule has 0 saturated heterocycles. The van der Waals surface area contributed by atoms with E-state index < -0.39 is 5.79 Å². The number of aryl methyl sites for hydroxylation is 1. The molecule has 0 radical (unpaired) electrons. The number of hydrogen-bond donors (Lipinski definition) is 1. The largest absolute Gasteiger partial charge is 0.347 e. The highest BCUT2D eigenvalue weighted by Gasteiger charge is 2.36. The van der Waals surface area contributed by atoms with Gasteiger partial charge in [-0.2, -0.15) is 5.21 Å². The van der Waals surface area contributed by atoms with E-state index in [1.807, 2.05) is 4.68 Å². The fourth-order valence-electron chi connectivity index (χ4n) is 4.66. The van der Waals surface area contributed by atoms with E-state index in [2.05, 4.69) is 89.4 Å². The zero-order valence-electron chi connectivity index (χ0n) is 22.7. The maximum Gasteiger partial charge on any atom is 0.231 e. The summed E-state index contributed by atoms with van der Waals surface area (Å²) in [5.41, 5.74) is 4.28. The lowest BCUT2D eigenvalue weighted by Gasteiger charge is -2.27. The first-order valence-corrected chi connectivity index (χ1v) is 13.0. The van der Waals surface area contributed by atoms with Crippen LogP contribution in [0.3, 0.4) is 0 Å². The molecule has 0 aliphatic rings. The van der Waals surface area contributed by atoms with Crippen molar-refractivity contribution in [3.63, 3.8) is 0 Å². The molecule has 3 heterocycles. The van der Waals surface area contributed by atoms with Gasteiger partial charge in [-0.25, -0.2) is 9.67 Å². The first-order chi connectivity index (χ1) is 18.0. The first kappa shape index (κ1) is 26.7. The molecule has 10 nitrogen and oxygen atoms in total. The van der Waals surface area contributed by atoms with Crippen LogP contribution in [0.1, 0.15) is 82.1 Å². The molecule has 4 rings (SSSR count). The molecule has 1 N–H and O–H groups in total. The van der Waals surface area contributed by atoms with E-state index in [-0.39, 0.29) is 0 Å². The summed E-state index contributed by atoms with van der Waals surface area (Å²) in [6.07, 6.45) is 6.62. The maximum atomic E-state index is 5.78. The van der Waals surface area contributed by atoms with Crippen LogP contribution >= 0.6 is 0 Å². The summed E-state index contributed by atoms with van der Waals surface area (Å²) in [4.78, 5) is 4.88. The minimum atomic E-state index is -0.932. The van der Waals surface area contributed by atoms with Gasteiger partial charge >= 0.3 is 0 Å². The third-order valence-electron chi connectivity index (χ3n) is 6.73. The van der Waals surface area contributed by atoms with Crippen molar-refractivity contribution in [2.45, 2.75) is 78.0 Å². The van der Waals surface area contributed by atoms with Crippen LogP contribution in [-0.2, 0) is 28.2 Å². The second kappa shape index (κ2) is 11.8. The van der Waals surface area contributed by atoms with Crippen molar-refractivity contribution < 1.29 is 9.47 Å². The summed E-state index contributed by atoms with van der Waals surface area (Å²) in [6.45, 7) is 9.22. The van der Waals surface area contributed by atoms with Gasteiger partial charge in [0.15, 0.2) is 0 Å². The number of aromatic amines is 1. The van der Waals surface area contributed by atoms with E-state index in [9.17, 15) is 0 Å². The Bertz CT molecular complexity index is 1250. The smallest absolute Gasteiger partial charge is 0.231 e. The number of unbranched alkanes of at least 4 members (excludes halogenated alkanes) is 1. The molecule has 4 aromatic rings. The second-order valence-corrected chi connectivity index (χ2v) is 9.57. The van der Waals surface area contributed by atoms with Crippen LogP contribution in [0.25, 0.3) is 17.2 Å². The number of aromatic nitrogens is 8. The van der Waals surface area contributed by atoms with Crippen LogP contribution in [0.15, 0.2) is 36.5 Å². The number of rotatable bonds is 13. The second-order valence-electron chi connectivity index (χ2n) is 9.57. The van der Waals surface area contributed by atoms with Crippen molar-refractivity contribution in [3.8, 4) is 17.2 Å². The van der Waals surface area contributed by atoms with Crippen molar-refractivity contribution >= 4 is 0 Å². The fourth-order valence-corrected chi connectivity index (χ4v) is 4.66. The predicted octanol–water partition coefficient (Wildman–Crippen LogP) is 5.01. The molecule has 0 amide bonds. The molecule has 1 aromatic carbocycles. The van der Waals surface area contributed by atoms with E-state index in [0.29, 0.717) is 30.5 Å². The molecule has 0 saturated carbocycles. The molecular weight excluding hydrogens is 468 g/mol. The van der Waals surface area contributed by atoms with Crippen molar-refractivity contribution in [2.75, 3.05) is 14.2 Å². The number of hydrogen-bond acceptors (Lipinski definition) is 7. The van der Waals surface area contributed by atoms with E-state index in [4.69, 9.17) is 19.6 Å². The SMILES string of the molecule is CCCCc1nc(C(CCC)(OC)OC)nn1Cc1ccc(-n2ccc(C(C)C)c2-c2nn[nH]n2)cc1. The van der Waals surface area contributed by atoms with Crippen molar-refractivity contribution in [1.29, 1.82) is 0 Å². The van der Waals surface area contributed by atoms with Crippen LogP contribution in [0, 0.1) is 0 Å². The maximum absolute atomic E-state index is 5.78. The number of nitrogens with one attached hydrogen (secondary N) is 1. The van der Waals surface area contributed by atoms with Gasteiger partial charge in [0.2, 0.25) is 17.4 Å². The Balaban J connectivity index is 1.64. The average Bonchev–Trinajstić information content (AvgIpc) is 3.66. The molecule has 10 heteroatoms. The third-order valence-corrected chi connectivity index (χ3v) is 6.73. The summed E-state index contributed by atoms with van der Waals surface area (Å²) >= 11 is 0. The molecule has 0 bridgehead atoms. The number of methoxy groups -OCH3 is 2. The van der Waals surface area contributed by atoms with Gasteiger partial charge in [-0.15, -0.1) is 15.3 Å². The van der Waals surface area contributed by atoms with Crippen molar-refractivity contribution in [3.05, 3.63) is 59.3 Å². The molecule has 0 unspecified atom stereocenters. The molecule has 198 valence electrons. The van der Waals surface area contributed by atoms with Gasteiger partial charge in [-0.05, 0) is 46.9 Å². The quantitative estimate of drug-likeness (QED) is 0.254. The van der Waals surface area contributed by atoms with Crippen molar-refractivity contribution in [1.82, 2.24) is 40.0 Å². The van der Waals surface area contributed by atoms with Gasteiger partial charge in [0.05, 0.1) is 12.2 Å². The van der Waals surface area contributed by atoms with Gasteiger partial charge < -0.3 is 14.0 Å². The molecule has 0 aliphatic heterocycles. The van der Waals surface area contributed by atoms with E-state index >= 15 is 0 Å². The zero-order chi connectivity index (χ0) is 26.4. The summed E-state index contributed by atoms with van der Waals surface area (Å²) in [5, 5.41) is 19.7. The highest BCUT2D eigenvalue weighted by atomic mass is 16.7. The van der Waals surface area contributed by atoms with E-state index in [0.717, 1.165) is 48.5 Å². The Hall–Kier alpha value is -3.37. The van der Waals surface area contributed by atoms with Crippen LogP contribution in [0.4, 0.5) is 0 Å². The minimum Gasteiger partial charge on any atom is -0.347 e. The lowest BCUT2D eigenvalue weighted by molar-refractivity contribution is -0.225. The Morgan fingerprint density at radius 2 is 1.78 bits per heavy atom. The number of ether oxygens (including phenoxy) is 2. The van der Waals surface area contributed by atoms with E-state index in [1.165, 1.54) is 5.56 Å². The highest BCUT2D eigenvalue weighted by Crippen LogP contribution is 2.31. The van der Waals surface area contributed by atoms with Gasteiger partial charge in [-0.1, -0.05) is 52.7 Å². The normalized spacial score (nSPS) is 12.1. The standard InChI is InChI=1S/C27H38N8O2/c1-7-9-10-23-28-26(27(36-5,37-6)16-8-2)31-35(23)18-20-11-13-21(14-12-20)34-17-15-22(19(3)4)24(34)25-29-32-33-30-25/h11-15,17,19H,7-10,16,18H2,1-6H3,(H,29,30,32,33). The third kappa shape index (κ3) is 5.50. The van der Waals surface area contributed by atoms with Gasteiger partial charge in [0.25, 0.3) is 0 Å². The Kier molecular flexibility index (Phi) is 8.50. The topological polar surface area (TPSA) is 109 Å². The lowest BCUT2D eigenvalue weighted by Crippen LogP contribution is -2.32. The first-order valence-electron chi connectivity index (χ1n) is 13.0. The van der Waals surface area contributed by atoms with Crippen LogP contribution in [-0.4, -0.2) is 54.2 Å². The van der Waals surface area contributed by atoms with Gasteiger partial charge in [-0.3, -0.25) is 0 Å². The Morgan fingerprint density at radius 1 is 1.03 bits per heavy atom. The average molecular weight is 507 g/mol. The summed E-state index contributed by atoms with van der Waals surface area (Å²) in [7, 11) is 3.30. The van der Waals surface area contributed by atoms with E-state index in [1.54, 1.807) is 14.2 Å². The Labute approximate surface area is 218 Å². The summed E-state index contributed by atoms with van der Waals surface area (Å²) < 4.78 is 15.7. The van der Waals surface area contributed by atoms with Gasteiger partial charge in [0.1, 0.15) is 5.82 Å². The Morgan fingerprint density at radius 3 is 2.38 bits per heavy atom. The van der Waals surface area contributed by atoms with Crippen molar-refractivity contribution in [2.24, 2.45) is 0 Å². The molecule has 0 atom stereocenters. The predicted molar refractivity (Wildman–Crippen MR) is 141 cm³/mol. The lowest BCUT2D eigenvalue weighted by atomic mass is 10.0. The molecule has 0 aliphatic carbocycles.